The SMILES string of the molecule is Nc1c(Cl)cc(C[C@@H](OC(=O)N2CCC3(CC2)CC(=O)Nc2ccccc23)C(=O)N2CCN(C3CN4CCC3CC4)CC2)cc1C(F)(F)F. The third-order valence-corrected chi connectivity index (χ3v) is 11.7. The van der Waals surface area contributed by atoms with Gasteiger partial charge in [-0.2, -0.15) is 13.2 Å². The topological polar surface area (TPSA) is 111 Å². The molecule has 3 N–H and O–H groups in total. The molecule has 2 atom stereocenters. The van der Waals surface area contributed by atoms with Crippen molar-refractivity contribution in [3.05, 3.63) is 58.1 Å². The maximum absolute atomic E-state index is 14.1. The van der Waals surface area contributed by atoms with Crippen molar-refractivity contribution in [1.29, 1.82) is 0 Å². The summed E-state index contributed by atoms with van der Waals surface area (Å²) in [6.45, 7) is 6.12. The number of nitrogens with two attached hydrogens (primary N) is 1. The molecule has 0 saturated carbocycles. The Morgan fingerprint density at radius 2 is 1.69 bits per heavy atom. The van der Waals surface area contributed by atoms with Crippen LogP contribution in [0.5, 0.6) is 0 Å². The second kappa shape index (κ2) is 13.3. The van der Waals surface area contributed by atoms with Gasteiger partial charge in [0.15, 0.2) is 6.10 Å². The molecule has 264 valence electrons. The van der Waals surface area contributed by atoms with Crippen LogP contribution in [0.4, 0.5) is 29.3 Å². The zero-order chi connectivity index (χ0) is 34.5. The normalized spacial score (nSPS) is 25.9. The van der Waals surface area contributed by atoms with E-state index < -0.39 is 40.9 Å². The van der Waals surface area contributed by atoms with E-state index in [1.807, 2.05) is 24.3 Å². The largest absolute Gasteiger partial charge is 0.436 e. The number of amides is 3. The van der Waals surface area contributed by atoms with Crippen LogP contribution >= 0.6 is 11.6 Å². The second-order valence-corrected chi connectivity index (χ2v) is 14.6. The van der Waals surface area contributed by atoms with Crippen LogP contribution in [-0.2, 0) is 32.3 Å². The van der Waals surface area contributed by atoms with Gasteiger partial charge in [0, 0.05) is 75.8 Å². The molecule has 3 amide bonds. The minimum absolute atomic E-state index is 0.0747. The van der Waals surface area contributed by atoms with Gasteiger partial charge in [0.2, 0.25) is 5.91 Å². The van der Waals surface area contributed by atoms with E-state index in [1.54, 1.807) is 4.90 Å². The zero-order valence-corrected chi connectivity index (χ0v) is 28.1. The van der Waals surface area contributed by atoms with Gasteiger partial charge in [0.05, 0.1) is 16.3 Å². The highest BCUT2D eigenvalue weighted by atomic mass is 35.5. The van der Waals surface area contributed by atoms with E-state index in [0.29, 0.717) is 70.5 Å². The van der Waals surface area contributed by atoms with Crippen molar-refractivity contribution in [3.8, 4) is 0 Å². The second-order valence-electron chi connectivity index (χ2n) is 14.2. The molecule has 6 heterocycles. The van der Waals surface area contributed by atoms with E-state index in [-0.39, 0.29) is 22.9 Å². The number of rotatable bonds is 5. The van der Waals surface area contributed by atoms with Crippen LogP contribution < -0.4 is 11.1 Å². The van der Waals surface area contributed by atoms with Crippen LogP contribution in [0.15, 0.2) is 36.4 Å². The smallest absolute Gasteiger partial charge is 0.418 e. The van der Waals surface area contributed by atoms with Crippen molar-refractivity contribution in [1.82, 2.24) is 19.6 Å². The number of para-hydroxylation sites is 1. The number of piperidine rings is 4. The molecule has 0 aromatic heterocycles. The number of carbonyl (C=O) groups excluding carboxylic acids is 3. The minimum atomic E-state index is -4.76. The standard InChI is InChI=1S/C35H42ClF3N6O4/c36-26-18-22(17-25(31(26)40)35(37,38)39)19-29(32(47)44-15-13-43(14-16-44)28-21-42-9-5-23(28)6-10-42)49-33(48)45-11-7-34(8-12-45)20-30(46)41-27-4-2-1-3-24(27)34/h1-4,17-18,23,28-29H,5-16,19-21,40H2,(H,41,46)/t28?,29-/m1/s1. The third kappa shape index (κ3) is 6.81. The number of nitrogens with one attached hydrogen (secondary N) is 1. The first-order valence-electron chi connectivity index (χ1n) is 17.2. The monoisotopic (exact) mass is 702 g/mol. The molecule has 2 bridgehead atoms. The van der Waals surface area contributed by atoms with Gasteiger partial charge in [0.25, 0.3) is 5.91 Å². The van der Waals surface area contributed by atoms with E-state index >= 15 is 0 Å². The molecular formula is C35H42ClF3N6O4. The molecule has 49 heavy (non-hydrogen) atoms. The van der Waals surface area contributed by atoms with E-state index in [2.05, 4.69) is 15.1 Å². The maximum Gasteiger partial charge on any atom is 0.418 e. The van der Waals surface area contributed by atoms with E-state index in [4.69, 9.17) is 22.1 Å². The summed E-state index contributed by atoms with van der Waals surface area (Å²) in [5.74, 6) is 0.128. The highest BCUT2D eigenvalue weighted by Gasteiger charge is 2.45. The van der Waals surface area contributed by atoms with Gasteiger partial charge < -0.3 is 30.5 Å². The molecule has 2 aromatic carbocycles. The molecule has 6 aliphatic heterocycles. The van der Waals surface area contributed by atoms with Crippen LogP contribution in [0.1, 0.15) is 48.8 Å². The van der Waals surface area contributed by atoms with Crippen molar-refractivity contribution >= 4 is 40.9 Å². The number of halogens is 4. The summed E-state index contributed by atoms with van der Waals surface area (Å²) >= 11 is 6.12. The molecule has 14 heteroatoms. The Hall–Kier alpha value is -3.55. The average Bonchev–Trinajstić information content (AvgIpc) is 3.09. The van der Waals surface area contributed by atoms with E-state index in [1.165, 1.54) is 23.8 Å². The van der Waals surface area contributed by atoms with Gasteiger partial charge in [0.1, 0.15) is 0 Å². The molecule has 5 fully saturated rings. The quantitative estimate of drug-likeness (QED) is 0.439. The van der Waals surface area contributed by atoms with Crippen LogP contribution in [0.25, 0.3) is 0 Å². The summed E-state index contributed by atoms with van der Waals surface area (Å²) in [6.07, 6.45) is -3.42. The molecule has 5 saturated heterocycles. The lowest BCUT2D eigenvalue weighted by Gasteiger charge is -2.51. The van der Waals surface area contributed by atoms with E-state index in [0.717, 1.165) is 37.0 Å². The lowest BCUT2D eigenvalue weighted by molar-refractivity contribution is -0.143. The zero-order valence-electron chi connectivity index (χ0n) is 27.3. The molecule has 2 aromatic rings. The highest BCUT2D eigenvalue weighted by Crippen LogP contribution is 2.45. The first-order chi connectivity index (χ1) is 23.4. The minimum Gasteiger partial charge on any atom is -0.436 e. The van der Waals surface area contributed by atoms with Gasteiger partial charge in [-0.15, -0.1) is 0 Å². The number of anilines is 2. The number of hydrogen-bond acceptors (Lipinski definition) is 7. The first-order valence-corrected chi connectivity index (χ1v) is 17.5. The number of alkyl halides is 3. The van der Waals surface area contributed by atoms with Crippen LogP contribution in [0.3, 0.4) is 0 Å². The van der Waals surface area contributed by atoms with Gasteiger partial charge in [-0.25, -0.2) is 4.79 Å². The molecule has 0 aliphatic carbocycles. The molecule has 10 nitrogen and oxygen atoms in total. The number of nitrogens with zero attached hydrogens (tertiary/aromatic N) is 4. The Morgan fingerprint density at radius 1 is 1.00 bits per heavy atom. The Morgan fingerprint density at radius 3 is 2.35 bits per heavy atom. The predicted octanol–water partition coefficient (Wildman–Crippen LogP) is 4.60. The summed E-state index contributed by atoms with van der Waals surface area (Å²) in [6, 6.07) is 10.3. The Bertz CT molecular complexity index is 1600. The van der Waals surface area contributed by atoms with Gasteiger partial charge in [-0.3, -0.25) is 14.5 Å². The number of likely N-dealkylation sites (tertiary alicyclic amines) is 1. The summed E-state index contributed by atoms with van der Waals surface area (Å²) in [5.41, 5.74) is 5.45. The number of hydrogen-bond donors (Lipinski definition) is 2. The number of fused-ring (bicyclic) bond motifs is 5. The number of carbonyl (C=O) groups is 3. The van der Waals surface area contributed by atoms with Gasteiger partial charge in [-0.05, 0) is 74.0 Å². The Balaban J connectivity index is 1.07. The van der Waals surface area contributed by atoms with Crippen LogP contribution in [-0.4, -0.2) is 109 Å². The maximum atomic E-state index is 14.1. The fourth-order valence-corrected chi connectivity index (χ4v) is 8.90. The lowest BCUT2D eigenvalue weighted by atomic mass is 9.68. The van der Waals surface area contributed by atoms with Gasteiger partial charge in [-0.1, -0.05) is 29.8 Å². The summed E-state index contributed by atoms with van der Waals surface area (Å²) in [4.78, 5) is 48.4. The van der Waals surface area contributed by atoms with Crippen molar-refractivity contribution in [2.45, 2.75) is 62.3 Å². The average molecular weight is 703 g/mol. The molecule has 1 spiro atoms. The summed E-state index contributed by atoms with van der Waals surface area (Å²) < 4.78 is 47.4. The Kier molecular flexibility index (Phi) is 9.20. The van der Waals surface area contributed by atoms with Crippen molar-refractivity contribution < 1.29 is 32.3 Å². The summed E-state index contributed by atoms with van der Waals surface area (Å²) in [7, 11) is 0. The lowest BCUT2D eigenvalue weighted by Crippen LogP contribution is -2.62. The number of nitrogen functional groups attached to an aromatic ring is 1. The van der Waals surface area contributed by atoms with Crippen LogP contribution in [0, 0.1) is 5.92 Å². The molecule has 8 rings (SSSR count). The number of piperazine rings is 1. The van der Waals surface area contributed by atoms with E-state index in [9.17, 15) is 27.6 Å². The van der Waals surface area contributed by atoms with Crippen LogP contribution in [0.2, 0.25) is 5.02 Å². The van der Waals surface area contributed by atoms with Gasteiger partial charge >= 0.3 is 12.3 Å². The molecular weight excluding hydrogens is 661 g/mol. The fraction of sp³-hybridized carbons (Fsp3) is 0.571. The number of benzene rings is 2. The Labute approximate surface area is 288 Å². The molecule has 1 unspecified atom stereocenters. The number of ether oxygens (including phenoxy) is 1. The highest BCUT2D eigenvalue weighted by molar-refractivity contribution is 6.33. The molecule has 0 radical (unpaired) electrons. The summed E-state index contributed by atoms with van der Waals surface area (Å²) in [5, 5.41) is 2.64. The first kappa shape index (κ1) is 33.9. The van der Waals surface area contributed by atoms with Crippen molar-refractivity contribution in [2.24, 2.45) is 5.92 Å². The fourth-order valence-electron chi connectivity index (χ4n) is 8.66. The third-order valence-electron chi connectivity index (χ3n) is 11.4. The van der Waals surface area contributed by atoms with Crippen molar-refractivity contribution in [3.63, 3.8) is 0 Å². The molecule has 6 aliphatic rings. The van der Waals surface area contributed by atoms with Crippen molar-refractivity contribution in [2.75, 3.05) is 70.0 Å². The predicted molar refractivity (Wildman–Crippen MR) is 178 cm³/mol.